The van der Waals surface area contributed by atoms with E-state index in [2.05, 4.69) is 6.92 Å². The van der Waals surface area contributed by atoms with Gasteiger partial charge in [-0.05, 0) is 49.2 Å². The second kappa shape index (κ2) is 9.71. The zero-order chi connectivity index (χ0) is 22.6. The minimum absolute atomic E-state index is 0.208. The topological polar surface area (TPSA) is 76.1 Å². The number of rotatable bonds is 10. The number of amides is 1. The van der Waals surface area contributed by atoms with Gasteiger partial charge in [-0.3, -0.25) is 9.59 Å². The smallest absolute Gasteiger partial charge is 0.264 e. The van der Waals surface area contributed by atoms with Gasteiger partial charge in [0.05, 0.1) is 25.9 Å². The first-order valence-electron chi connectivity index (χ1n) is 10.4. The van der Waals surface area contributed by atoms with Crippen LogP contribution >= 0.6 is 11.6 Å². The fourth-order valence-electron chi connectivity index (χ4n) is 3.86. The number of hydrogen-bond acceptors (Lipinski definition) is 5. The van der Waals surface area contributed by atoms with E-state index in [1.165, 1.54) is 11.8 Å². The fraction of sp³-hybridized carbons (Fsp3) is 0.417. The van der Waals surface area contributed by atoms with Crippen LogP contribution in [-0.4, -0.2) is 30.5 Å². The summed E-state index contributed by atoms with van der Waals surface area (Å²) in [5.41, 5.74) is -0.225. The maximum atomic E-state index is 13.2. The summed E-state index contributed by atoms with van der Waals surface area (Å²) < 4.78 is 11.3. The summed E-state index contributed by atoms with van der Waals surface area (Å²) in [7, 11) is 1.57. The molecule has 1 N–H and O–H groups in total. The first kappa shape index (κ1) is 23.1. The highest BCUT2D eigenvalue weighted by molar-refractivity contribution is 6.31. The molecule has 1 unspecified atom stereocenters. The number of fused-ring (bicyclic) bond motifs is 1. The average molecular weight is 446 g/mol. The number of benzene rings is 2. The zero-order valence-electron chi connectivity index (χ0n) is 18.1. The summed E-state index contributed by atoms with van der Waals surface area (Å²) in [6.45, 7) is 4.31. The van der Waals surface area contributed by atoms with Gasteiger partial charge in [-0.25, -0.2) is 0 Å². The van der Waals surface area contributed by atoms with E-state index >= 15 is 0 Å². The number of Topliss-reactive ketones (excluding diaryl/α,β-unsaturated/α-hetero) is 1. The molecule has 1 aliphatic heterocycles. The first-order valence-corrected chi connectivity index (χ1v) is 10.8. The second-order valence-corrected chi connectivity index (χ2v) is 8.27. The molecule has 3 rings (SSSR count). The van der Waals surface area contributed by atoms with E-state index in [9.17, 15) is 14.7 Å². The van der Waals surface area contributed by atoms with Crippen molar-refractivity contribution in [2.24, 2.45) is 0 Å². The van der Waals surface area contributed by atoms with Gasteiger partial charge in [0.25, 0.3) is 5.91 Å². The summed E-state index contributed by atoms with van der Waals surface area (Å²) in [6.07, 6.45) is 2.89. The van der Waals surface area contributed by atoms with Crippen molar-refractivity contribution in [3.8, 4) is 11.5 Å². The van der Waals surface area contributed by atoms with Gasteiger partial charge in [-0.1, -0.05) is 37.4 Å². The summed E-state index contributed by atoms with van der Waals surface area (Å²) in [5.74, 6) is 0.403. The number of ether oxygens (including phenoxy) is 2. The molecule has 7 heteroatoms. The molecule has 1 heterocycles. The molecule has 0 spiro atoms. The van der Waals surface area contributed by atoms with Crippen molar-refractivity contribution < 1.29 is 24.2 Å². The number of carbonyl (C=O) groups is 2. The minimum atomic E-state index is -1.92. The molecule has 0 saturated heterocycles. The monoisotopic (exact) mass is 445 g/mol. The van der Waals surface area contributed by atoms with Crippen molar-refractivity contribution in [3.63, 3.8) is 0 Å². The Hall–Kier alpha value is -2.57. The third kappa shape index (κ3) is 4.86. The average Bonchev–Trinajstić information content (AvgIpc) is 2.92. The number of halogens is 1. The standard InChI is InChI=1S/C24H28ClNO5/c1-4-5-6-11-31-21-10-7-17(12-22(21)30-3)15-26-20-9-8-18(25)13-19(20)24(29,23(26)28)14-16(2)27/h7-10,12-13,29H,4-6,11,14-15H2,1-3H3. The Morgan fingerprint density at radius 3 is 2.61 bits per heavy atom. The van der Waals surface area contributed by atoms with Crippen LogP contribution in [-0.2, 0) is 21.7 Å². The lowest BCUT2D eigenvalue weighted by Crippen LogP contribution is -2.41. The lowest BCUT2D eigenvalue weighted by atomic mass is 9.90. The van der Waals surface area contributed by atoms with Crippen molar-refractivity contribution >= 4 is 29.0 Å². The van der Waals surface area contributed by atoms with Crippen LogP contribution in [0, 0.1) is 0 Å². The molecule has 0 saturated carbocycles. The maximum Gasteiger partial charge on any atom is 0.264 e. The predicted molar refractivity (Wildman–Crippen MR) is 120 cm³/mol. The highest BCUT2D eigenvalue weighted by Gasteiger charge is 2.50. The van der Waals surface area contributed by atoms with Crippen LogP contribution in [0.4, 0.5) is 5.69 Å². The fourth-order valence-corrected chi connectivity index (χ4v) is 4.03. The number of hydrogen-bond donors (Lipinski definition) is 1. The third-order valence-electron chi connectivity index (χ3n) is 5.37. The van der Waals surface area contributed by atoms with Gasteiger partial charge >= 0.3 is 0 Å². The zero-order valence-corrected chi connectivity index (χ0v) is 18.9. The number of aliphatic hydroxyl groups is 1. The Kier molecular flexibility index (Phi) is 7.23. The molecular weight excluding hydrogens is 418 g/mol. The van der Waals surface area contributed by atoms with Gasteiger partial charge in [-0.2, -0.15) is 0 Å². The molecule has 0 fully saturated rings. The number of unbranched alkanes of at least 4 members (excludes halogenated alkanes) is 2. The molecule has 166 valence electrons. The second-order valence-electron chi connectivity index (χ2n) is 7.83. The molecule has 1 aliphatic rings. The molecule has 1 atom stereocenters. The Morgan fingerprint density at radius 2 is 1.94 bits per heavy atom. The molecule has 0 radical (unpaired) electrons. The van der Waals surface area contributed by atoms with Gasteiger partial charge in [0.15, 0.2) is 17.1 Å². The lowest BCUT2D eigenvalue weighted by Gasteiger charge is -2.22. The maximum absolute atomic E-state index is 13.2. The molecule has 6 nitrogen and oxygen atoms in total. The highest BCUT2D eigenvalue weighted by Crippen LogP contribution is 2.44. The largest absolute Gasteiger partial charge is 0.493 e. The van der Waals surface area contributed by atoms with Crippen molar-refractivity contribution in [1.29, 1.82) is 0 Å². The van der Waals surface area contributed by atoms with Crippen LogP contribution in [0.1, 0.15) is 50.7 Å². The van der Waals surface area contributed by atoms with Crippen molar-refractivity contribution in [3.05, 3.63) is 52.5 Å². The molecule has 1 amide bonds. The predicted octanol–water partition coefficient (Wildman–Crippen LogP) is 4.63. The van der Waals surface area contributed by atoms with E-state index in [0.717, 1.165) is 24.8 Å². The van der Waals surface area contributed by atoms with Crippen LogP contribution in [0.5, 0.6) is 11.5 Å². The van der Waals surface area contributed by atoms with E-state index in [0.29, 0.717) is 34.4 Å². The van der Waals surface area contributed by atoms with Crippen LogP contribution in [0.15, 0.2) is 36.4 Å². The quantitative estimate of drug-likeness (QED) is 0.539. The van der Waals surface area contributed by atoms with Gasteiger partial charge in [0, 0.05) is 17.0 Å². The first-order chi connectivity index (χ1) is 14.8. The van der Waals surface area contributed by atoms with E-state index in [1.807, 2.05) is 18.2 Å². The van der Waals surface area contributed by atoms with Crippen LogP contribution in [0.3, 0.4) is 0 Å². The van der Waals surface area contributed by atoms with Crippen LogP contribution < -0.4 is 14.4 Å². The van der Waals surface area contributed by atoms with Crippen molar-refractivity contribution in [1.82, 2.24) is 0 Å². The van der Waals surface area contributed by atoms with Crippen molar-refractivity contribution in [2.45, 2.75) is 51.7 Å². The molecular formula is C24H28ClNO5. The number of ketones is 1. The molecule has 2 aromatic rings. The van der Waals surface area contributed by atoms with E-state index in [-0.39, 0.29) is 18.7 Å². The highest BCUT2D eigenvalue weighted by atomic mass is 35.5. The Labute approximate surface area is 187 Å². The van der Waals surface area contributed by atoms with Crippen molar-refractivity contribution in [2.75, 3.05) is 18.6 Å². The lowest BCUT2D eigenvalue weighted by molar-refractivity contribution is -0.141. The van der Waals surface area contributed by atoms with Gasteiger partial charge in [0.2, 0.25) is 0 Å². The minimum Gasteiger partial charge on any atom is -0.493 e. The molecule has 2 aromatic carbocycles. The third-order valence-corrected chi connectivity index (χ3v) is 5.61. The SMILES string of the molecule is CCCCCOc1ccc(CN2C(=O)C(O)(CC(C)=O)c3cc(Cl)ccc32)cc1OC. The Morgan fingerprint density at radius 1 is 1.16 bits per heavy atom. The summed E-state index contributed by atoms with van der Waals surface area (Å²) in [6, 6.07) is 10.4. The van der Waals surface area contributed by atoms with E-state index in [4.69, 9.17) is 21.1 Å². The number of methoxy groups -OCH3 is 1. The molecule has 0 bridgehead atoms. The van der Waals surface area contributed by atoms with E-state index in [1.54, 1.807) is 25.3 Å². The number of nitrogens with zero attached hydrogens (tertiary/aromatic N) is 1. The summed E-state index contributed by atoms with van der Waals surface area (Å²) in [4.78, 5) is 26.4. The Bertz CT molecular complexity index is 976. The molecule has 0 aliphatic carbocycles. The Balaban J connectivity index is 1.87. The van der Waals surface area contributed by atoms with Gasteiger partial charge in [-0.15, -0.1) is 0 Å². The van der Waals surface area contributed by atoms with E-state index < -0.39 is 11.5 Å². The summed E-state index contributed by atoms with van der Waals surface area (Å²) in [5, 5.41) is 11.5. The van der Waals surface area contributed by atoms with Gasteiger partial charge < -0.3 is 19.5 Å². The number of anilines is 1. The number of carbonyl (C=O) groups excluding carboxylic acids is 2. The van der Waals surface area contributed by atoms with Crippen LogP contribution in [0.2, 0.25) is 5.02 Å². The van der Waals surface area contributed by atoms with Crippen LogP contribution in [0.25, 0.3) is 0 Å². The summed E-state index contributed by atoms with van der Waals surface area (Å²) >= 11 is 6.10. The normalized spacial score (nSPS) is 17.6. The molecule has 0 aromatic heterocycles. The van der Waals surface area contributed by atoms with Gasteiger partial charge in [0.1, 0.15) is 5.78 Å². The molecule has 31 heavy (non-hydrogen) atoms.